The smallest absolute Gasteiger partial charge is 0.135 e. The molecule has 0 saturated carbocycles. The molecule has 8 aromatic rings. The van der Waals surface area contributed by atoms with E-state index >= 15 is 0 Å². The van der Waals surface area contributed by atoms with E-state index in [-0.39, 0.29) is 16.9 Å². The van der Waals surface area contributed by atoms with Crippen LogP contribution < -0.4 is 9.64 Å². The Morgan fingerprint density at radius 2 is 1.03 bits per heavy atom. The third kappa shape index (κ3) is 5.00. The molecule has 2 nitrogen and oxygen atoms in total. The first-order valence-corrected chi connectivity index (χ1v) is 21.4. The van der Waals surface area contributed by atoms with Crippen molar-refractivity contribution >= 4 is 33.4 Å². The van der Waals surface area contributed by atoms with E-state index in [2.05, 4.69) is 215 Å². The molecule has 0 spiro atoms. The van der Waals surface area contributed by atoms with Crippen molar-refractivity contribution in [2.24, 2.45) is 0 Å². The molecule has 0 saturated heterocycles. The fraction of sp³-hybridized carbons (Fsp3) is 0.138. The monoisotopic (exact) mass is 771 g/mol. The van der Waals surface area contributed by atoms with Crippen molar-refractivity contribution in [3.05, 3.63) is 210 Å². The Kier molecular flexibility index (Phi) is 7.48. The van der Waals surface area contributed by atoms with Crippen LogP contribution in [-0.4, -0.2) is 6.10 Å². The minimum Gasteiger partial charge on any atom is -0.484 e. The number of fused-ring (bicyclic) bond motifs is 10. The van der Waals surface area contributed by atoms with Gasteiger partial charge in [0.2, 0.25) is 0 Å². The molecule has 288 valence electrons. The van der Waals surface area contributed by atoms with Crippen LogP contribution in [0.2, 0.25) is 0 Å². The number of hydrogen-bond acceptors (Lipinski definition) is 2. The van der Waals surface area contributed by atoms with Crippen LogP contribution >= 0.6 is 0 Å². The van der Waals surface area contributed by atoms with Crippen molar-refractivity contribution in [3.63, 3.8) is 0 Å². The van der Waals surface area contributed by atoms with Crippen molar-refractivity contribution in [2.45, 2.75) is 51.0 Å². The molecule has 0 aromatic heterocycles. The molecule has 4 aliphatic rings. The molecule has 0 N–H and O–H groups in total. The molecule has 0 radical (unpaired) electrons. The second kappa shape index (κ2) is 12.8. The highest BCUT2D eigenvalue weighted by atomic mass is 16.5. The van der Waals surface area contributed by atoms with Gasteiger partial charge in [0.1, 0.15) is 11.9 Å². The molecule has 0 amide bonds. The summed E-state index contributed by atoms with van der Waals surface area (Å²) in [4.78, 5) is 2.46. The normalized spacial score (nSPS) is 16.9. The number of allylic oxidation sites excluding steroid dienone is 2. The largest absolute Gasteiger partial charge is 0.484 e. The fourth-order valence-electron chi connectivity index (χ4n) is 10.9. The van der Waals surface area contributed by atoms with Gasteiger partial charge in [0.15, 0.2) is 0 Å². The number of hydrogen-bond donors (Lipinski definition) is 0. The summed E-state index contributed by atoms with van der Waals surface area (Å²) in [5.41, 5.74) is 21.2. The highest BCUT2D eigenvalue weighted by molar-refractivity contribution is 6.06. The first-order chi connectivity index (χ1) is 29.3. The van der Waals surface area contributed by atoms with E-state index in [4.69, 9.17) is 4.74 Å². The Morgan fingerprint density at radius 1 is 0.483 bits per heavy atom. The van der Waals surface area contributed by atoms with Gasteiger partial charge in [-0.05, 0) is 103 Å². The van der Waals surface area contributed by atoms with Crippen LogP contribution in [0.1, 0.15) is 61.9 Å². The lowest BCUT2D eigenvalue weighted by atomic mass is 9.82. The summed E-state index contributed by atoms with van der Waals surface area (Å²) in [6.45, 7) is 9.47. The van der Waals surface area contributed by atoms with Gasteiger partial charge in [0.05, 0.1) is 0 Å². The summed E-state index contributed by atoms with van der Waals surface area (Å²) in [5.74, 6) is 0.987. The number of ether oxygens (including phenoxy) is 1. The van der Waals surface area contributed by atoms with E-state index in [1.54, 1.807) is 0 Å². The average Bonchev–Trinajstić information content (AvgIpc) is 3.86. The van der Waals surface area contributed by atoms with Gasteiger partial charge in [0, 0.05) is 56.6 Å². The van der Waals surface area contributed by atoms with Gasteiger partial charge < -0.3 is 9.64 Å². The van der Waals surface area contributed by atoms with Crippen molar-refractivity contribution < 1.29 is 4.74 Å². The predicted octanol–water partition coefficient (Wildman–Crippen LogP) is 15.4. The van der Waals surface area contributed by atoms with E-state index in [0.717, 1.165) is 34.8 Å². The summed E-state index contributed by atoms with van der Waals surface area (Å²) >= 11 is 0. The third-order valence-electron chi connectivity index (χ3n) is 14.0. The molecule has 60 heavy (non-hydrogen) atoms. The molecule has 0 bridgehead atoms. The molecule has 1 heterocycles. The lowest BCUT2D eigenvalue weighted by Gasteiger charge is -2.30. The maximum atomic E-state index is 6.79. The zero-order chi connectivity index (χ0) is 40.3. The highest BCUT2D eigenvalue weighted by Gasteiger charge is 2.38. The number of benzene rings is 8. The summed E-state index contributed by atoms with van der Waals surface area (Å²) < 4.78 is 6.79. The Bertz CT molecular complexity index is 3050. The maximum Gasteiger partial charge on any atom is 0.135 e. The lowest BCUT2D eigenvalue weighted by Crippen LogP contribution is -2.18. The number of rotatable bonds is 5. The van der Waals surface area contributed by atoms with E-state index < -0.39 is 0 Å². The summed E-state index contributed by atoms with van der Waals surface area (Å²) in [7, 11) is 0. The van der Waals surface area contributed by atoms with Crippen LogP contribution in [-0.2, 0) is 10.8 Å². The van der Waals surface area contributed by atoms with Gasteiger partial charge >= 0.3 is 0 Å². The van der Waals surface area contributed by atoms with E-state index in [9.17, 15) is 0 Å². The number of anilines is 3. The van der Waals surface area contributed by atoms with Gasteiger partial charge in [-0.2, -0.15) is 0 Å². The van der Waals surface area contributed by atoms with Crippen LogP contribution in [0.25, 0.3) is 60.9 Å². The van der Waals surface area contributed by atoms with Crippen molar-refractivity contribution in [1.29, 1.82) is 0 Å². The van der Waals surface area contributed by atoms with Crippen molar-refractivity contribution in [3.8, 4) is 50.3 Å². The van der Waals surface area contributed by atoms with Gasteiger partial charge in [-0.1, -0.05) is 173 Å². The Hall–Kier alpha value is -6.90. The standard InChI is InChI=1S/C58H45NO/c1-57(2)50-21-10-7-16-43(50)45-32-29-39(34-52(45)57)59(40-30-33-46-44-17-8-11-22-51(44)58(3,4)53(46)35-40)38-27-24-37(25-28-38)42-31-26-36-14-5-6-15-41(36)55(42)49-20-13-19-48-47-18-9-12-23-54(47)60-56(48)49/h5-22,24-35,54H,23H2,1-4H3. The molecule has 1 aliphatic heterocycles. The highest BCUT2D eigenvalue weighted by Crippen LogP contribution is 2.54. The molecule has 2 heteroatoms. The van der Waals surface area contributed by atoms with Crippen LogP contribution in [0.5, 0.6) is 5.75 Å². The molecule has 8 aromatic carbocycles. The quantitative estimate of drug-likeness (QED) is 0.173. The first-order valence-electron chi connectivity index (χ1n) is 21.4. The number of para-hydroxylation sites is 1. The molecule has 1 unspecified atom stereocenters. The molecule has 0 fully saturated rings. The first kappa shape index (κ1) is 35.1. The zero-order valence-electron chi connectivity index (χ0n) is 34.5. The zero-order valence-corrected chi connectivity index (χ0v) is 34.5. The third-order valence-corrected chi connectivity index (χ3v) is 14.0. The predicted molar refractivity (Wildman–Crippen MR) is 251 cm³/mol. The van der Waals surface area contributed by atoms with E-state index in [1.165, 1.54) is 83.1 Å². The van der Waals surface area contributed by atoms with E-state index in [0.29, 0.717) is 0 Å². The van der Waals surface area contributed by atoms with Crippen LogP contribution in [0.4, 0.5) is 17.1 Å². The Labute approximate surface area is 352 Å². The molecular weight excluding hydrogens is 727 g/mol. The van der Waals surface area contributed by atoms with Gasteiger partial charge in [-0.25, -0.2) is 0 Å². The Balaban J connectivity index is 1.02. The van der Waals surface area contributed by atoms with Gasteiger partial charge in [0.25, 0.3) is 0 Å². The number of nitrogens with zero attached hydrogens (tertiary/aromatic N) is 1. The Morgan fingerprint density at radius 3 is 1.72 bits per heavy atom. The van der Waals surface area contributed by atoms with Crippen molar-refractivity contribution in [2.75, 3.05) is 4.90 Å². The minimum absolute atomic E-state index is 0.0627. The molecule has 3 aliphatic carbocycles. The van der Waals surface area contributed by atoms with Crippen LogP contribution in [0.15, 0.2) is 182 Å². The van der Waals surface area contributed by atoms with Gasteiger partial charge in [-0.15, -0.1) is 0 Å². The second-order valence-corrected chi connectivity index (χ2v) is 18.0. The average molecular weight is 772 g/mol. The topological polar surface area (TPSA) is 12.5 Å². The van der Waals surface area contributed by atoms with Crippen molar-refractivity contribution in [1.82, 2.24) is 0 Å². The van der Waals surface area contributed by atoms with Crippen LogP contribution in [0, 0.1) is 0 Å². The maximum absolute atomic E-state index is 6.79. The van der Waals surface area contributed by atoms with Gasteiger partial charge in [-0.3, -0.25) is 0 Å². The lowest BCUT2D eigenvalue weighted by molar-refractivity contribution is 0.280. The van der Waals surface area contributed by atoms with Crippen LogP contribution in [0.3, 0.4) is 0 Å². The van der Waals surface area contributed by atoms with E-state index in [1.807, 2.05) is 0 Å². The summed E-state index contributed by atoms with van der Waals surface area (Å²) in [6.07, 6.45) is 7.55. The summed E-state index contributed by atoms with van der Waals surface area (Å²) in [5, 5.41) is 2.44. The molecule has 1 atom stereocenters. The molecular formula is C58H45NO. The second-order valence-electron chi connectivity index (χ2n) is 18.0. The minimum atomic E-state index is -0.113. The summed E-state index contributed by atoms with van der Waals surface area (Å²) in [6, 6.07) is 61.2. The SMILES string of the molecule is CC1(C)c2ccccc2-c2ccc(N(c3ccc(-c4ccc5ccccc5c4-c4cccc5c4OC4CC=CC=C54)cc3)c3ccc4c(c3)C(C)(C)c3ccccc3-4)cc21. The fourth-order valence-corrected chi connectivity index (χ4v) is 10.9. The molecule has 12 rings (SSSR count).